The summed E-state index contributed by atoms with van der Waals surface area (Å²) in [6.07, 6.45) is 3.65. The quantitative estimate of drug-likeness (QED) is 0.596. The van der Waals surface area contributed by atoms with Crippen LogP contribution in [0, 0.1) is 24.2 Å². The van der Waals surface area contributed by atoms with Crippen LogP contribution in [-0.4, -0.2) is 17.4 Å². The second-order valence-corrected chi connectivity index (χ2v) is 4.83. The predicted molar refractivity (Wildman–Crippen MR) is 60.2 cm³/mol. The lowest BCUT2D eigenvalue weighted by molar-refractivity contribution is -0.188. The molecule has 4 heteroatoms. The predicted octanol–water partition coefficient (Wildman–Crippen LogP) is 3.52. The van der Waals surface area contributed by atoms with E-state index in [-0.39, 0.29) is 18.8 Å². The van der Waals surface area contributed by atoms with E-state index in [9.17, 15) is 18.3 Å². The molecule has 0 heterocycles. The first kappa shape index (κ1) is 14.4. The highest BCUT2D eigenvalue weighted by atomic mass is 19.4. The lowest BCUT2D eigenvalue weighted by atomic mass is 9.77. The van der Waals surface area contributed by atoms with Crippen LogP contribution in [0.1, 0.15) is 44.9 Å². The van der Waals surface area contributed by atoms with Gasteiger partial charge in [0.2, 0.25) is 0 Å². The van der Waals surface area contributed by atoms with Gasteiger partial charge in [-0.1, -0.05) is 6.42 Å². The summed E-state index contributed by atoms with van der Waals surface area (Å²) in [4.78, 5) is 0. The van der Waals surface area contributed by atoms with Gasteiger partial charge in [0.25, 0.3) is 0 Å². The first-order valence-corrected chi connectivity index (χ1v) is 6.13. The molecule has 0 aromatic rings. The Labute approximate surface area is 100 Å². The molecule has 1 N–H and O–H groups in total. The average Bonchev–Trinajstić information content (AvgIpc) is 2.28. The van der Waals surface area contributed by atoms with E-state index in [1.54, 1.807) is 0 Å². The molecule has 0 aromatic carbocycles. The van der Waals surface area contributed by atoms with Crippen molar-refractivity contribution >= 4 is 0 Å². The first-order valence-electron chi connectivity index (χ1n) is 6.13. The number of aliphatic hydroxyl groups excluding tert-OH is 1. The van der Waals surface area contributed by atoms with Crippen LogP contribution in [0.5, 0.6) is 0 Å². The van der Waals surface area contributed by atoms with Crippen molar-refractivity contribution in [1.82, 2.24) is 0 Å². The Morgan fingerprint density at radius 1 is 1.35 bits per heavy atom. The minimum absolute atomic E-state index is 0.0702. The molecule has 0 spiro atoms. The number of aliphatic hydroxyl groups is 1. The zero-order valence-electron chi connectivity index (χ0n) is 9.84. The van der Waals surface area contributed by atoms with Gasteiger partial charge in [-0.2, -0.15) is 13.2 Å². The van der Waals surface area contributed by atoms with Gasteiger partial charge < -0.3 is 5.11 Å². The summed E-state index contributed by atoms with van der Waals surface area (Å²) < 4.78 is 37.7. The van der Waals surface area contributed by atoms with Gasteiger partial charge in [-0.3, -0.25) is 0 Å². The van der Waals surface area contributed by atoms with E-state index in [0.29, 0.717) is 32.1 Å². The lowest BCUT2D eigenvalue weighted by Crippen LogP contribution is -2.33. The highest BCUT2D eigenvalue weighted by Gasteiger charge is 2.43. The number of rotatable bonds is 4. The fourth-order valence-corrected chi connectivity index (χ4v) is 2.52. The Kier molecular flexibility index (Phi) is 5.32. The molecule has 17 heavy (non-hydrogen) atoms. The summed E-state index contributed by atoms with van der Waals surface area (Å²) in [5, 5.41) is 9.85. The van der Waals surface area contributed by atoms with Crippen molar-refractivity contribution in [3.8, 4) is 12.3 Å². The van der Waals surface area contributed by atoms with E-state index in [2.05, 4.69) is 5.92 Å². The molecule has 1 aliphatic rings. The first-order chi connectivity index (χ1) is 7.95. The number of alkyl halides is 3. The molecule has 0 aliphatic heterocycles. The van der Waals surface area contributed by atoms with Crippen molar-refractivity contribution in [3.05, 3.63) is 0 Å². The molecule has 0 amide bonds. The van der Waals surface area contributed by atoms with Crippen LogP contribution in [0.15, 0.2) is 0 Å². The third-order valence-electron chi connectivity index (χ3n) is 3.54. The molecular formula is C13H19F3O. The van der Waals surface area contributed by atoms with Gasteiger partial charge in [-0.25, -0.2) is 0 Å². The van der Waals surface area contributed by atoms with E-state index < -0.39 is 18.2 Å². The van der Waals surface area contributed by atoms with Crippen molar-refractivity contribution < 1.29 is 18.3 Å². The van der Waals surface area contributed by atoms with E-state index in [0.717, 1.165) is 0 Å². The largest absolute Gasteiger partial charge is 0.393 e. The standard InChI is InChI=1S/C13H19F3O/c1-2-3-4-8-12(17)10-6-5-7-11(9-10)13(14,15)16/h1,10-12,17H,3-9H2. The zero-order chi connectivity index (χ0) is 12.9. The Bertz CT molecular complexity index is 267. The summed E-state index contributed by atoms with van der Waals surface area (Å²) >= 11 is 0. The monoisotopic (exact) mass is 248 g/mol. The van der Waals surface area contributed by atoms with E-state index in [1.165, 1.54) is 0 Å². The van der Waals surface area contributed by atoms with Crippen LogP contribution >= 0.6 is 0 Å². The third-order valence-corrected chi connectivity index (χ3v) is 3.54. The van der Waals surface area contributed by atoms with E-state index in [1.807, 2.05) is 0 Å². The smallest absolute Gasteiger partial charge is 0.391 e. The molecule has 98 valence electrons. The minimum Gasteiger partial charge on any atom is -0.393 e. The Hall–Kier alpha value is -0.690. The van der Waals surface area contributed by atoms with Gasteiger partial charge >= 0.3 is 6.18 Å². The summed E-state index contributed by atoms with van der Waals surface area (Å²) in [7, 11) is 0. The van der Waals surface area contributed by atoms with Crippen LogP contribution in [0.25, 0.3) is 0 Å². The van der Waals surface area contributed by atoms with Crippen molar-refractivity contribution in [2.24, 2.45) is 11.8 Å². The lowest BCUT2D eigenvalue weighted by Gasteiger charge is -2.33. The van der Waals surface area contributed by atoms with Gasteiger partial charge in [-0.15, -0.1) is 12.3 Å². The fraction of sp³-hybridized carbons (Fsp3) is 0.846. The summed E-state index contributed by atoms with van der Waals surface area (Å²) in [6, 6.07) is 0. The van der Waals surface area contributed by atoms with E-state index in [4.69, 9.17) is 6.42 Å². The maximum atomic E-state index is 12.6. The summed E-state index contributed by atoms with van der Waals surface area (Å²) in [5.74, 6) is 1.02. The van der Waals surface area contributed by atoms with Crippen molar-refractivity contribution in [2.45, 2.75) is 57.2 Å². The second kappa shape index (κ2) is 6.30. The molecule has 1 rings (SSSR count). The van der Waals surface area contributed by atoms with Gasteiger partial charge in [0.15, 0.2) is 0 Å². The van der Waals surface area contributed by atoms with Crippen LogP contribution in [0.4, 0.5) is 13.2 Å². The fourth-order valence-electron chi connectivity index (χ4n) is 2.52. The number of unbranched alkanes of at least 4 members (excludes halogenated alkanes) is 1. The summed E-state index contributed by atoms with van der Waals surface area (Å²) in [5.41, 5.74) is 0. The molecule has 3 atom stereocenters. The van der Waals surface area contributed by atoms with E-state index >= 15 is 0 Å². The van der Waals surface area contributed by atoms with Crippen LogP contribution < -0.4 is 0 Å². The van der Waals surface area contributed by atoms with Crippen LogP contribution in [-0.2, 0) is 0 Å². The zero-order valence-corrected chi connectivity index (χ0v) is 9.84. The summed E-state index contributed by atoms with van der Waals surface area (Å²) in [6.45, 7) is 0. The number of halogens is 3. The van der Waals surface area contributed by atoms with Gasteiger partial charge in [-0.05, 0) is 38.0 Å². The van der Waals surface area contributed by atoms with Crippen molar-refractivity contribution in [3.63, 3.8) is 0 Å². The van der Waals surface area contributed by atoms with Gasteiger partial charge in [0, 0.05) is 6.42 Å². The highest BCUT2D eigenvalue weighted by Crippen LogP contribution is 2.41. The van der Waals surface area contributed by atoms with Gasteiger partial charge in [0.05, 0.1) is 12.0 Å². The Morgan fingerprint density at radius 2 is 2.06 bits per heavy atom. The molecule has 3 unspecified atom stereocenters. The topological polar surface area (TPSA) is 20.2 Å². The molecule has 0 bridgehead atoms. The normalized spacial score (nSPS) is 27.5. The maximum Gasteiger partial charge on any atom is 0.391 e. The average molecular weight is 248 g/mol. The Morgan fingerprint density at radius 3 is 2.65 bits per heavy atom. The maximum absolute atomic E-state index is 12.6. The highest BCUT2D eigenvalue weighted by molar-refractivity contribution is 4.85. The Balaban J connectivity index is 2.41. The van der Waals surface area contributed by atoms with Crippen LogP contribution in [0.3, 0.4) is 0 Å². The molecule has 1 fully saturated rings. The second-order valence-electron chi connectivity index (χ2n) is 4.83. The van der Waals surface area contributed by atoms with Crippen LogP contribution in [0.2, 0.25) is 0 Å². The SMILES string of the molecule is C#CCCCC(O)C1CCCC(C(F)(F)F)C1. The molecule has 0 saturated heterocycles. The number of hydrogen-bond acceptors (Lipinski definition) is 1. The molecule has 0 radical (unpaired) electrons. The van der Waals surface area contributed by atoms with Crippen molar-refractivity contribution in [1.29, 1.82) is 0 Å². The molecule has 0 aromatic heterocycles. The molecule has 1 aliphatic carbocycles. The van der Waals surface area contributed by atoms with Gasteiger partial charge in [0.1, 0.15) is 0 Å². The number of terminal acetylenes is 1. The van der Waals surface area contributed by atoms with Crippen molar-refractivity contribution in [2.75, 3.05) is 0 Å². The minimum atomic E-state index is -4.11. The number of hydrogen-bond donors (Lipinski definition) is 1. The third kappa shape index (κ3) is 4.59. The molecule has 1 saturated carbocycles. The molecular weight excluding hydrogens is 229 g/mol. The molecule has 1 nitrogen and oxygen atoms in total.